The number of nitrogens with one attached hydrogen (secondary N) is 3. The summed E-state index contributed by atoms with van der Waals surface area (Å²) in [5.74, 6) is 0. The predicted molar refractivity (Wildman–Crippen MR) is 79.0 cm³/mol. The number of H-pyrrole nitrogens is 1. The number of nitrogens with zero attached hydrogens (tertiary/aromatic N) is 1. The van der Waals surface area contributed by atoms with Crippen molar-refractivity contribution in [3.8, 4) is 0 Å². The first-order valence-corrected chi connectivity index (χ1v) is 9.15. The molecular weight excluding hydrogens is 316 g/mol. The number of aromatic amines is 1. The van der Waals surface area contributed by atoms with Crippen molar-refractivity contribution in [1.82, 2.24) is 10.2 Å². The third-order valence-corrected chi connectivity index (χ3v) is 4.50. The molecule has 10 heteroatoms. The molecule has 0 spiro atoms. The van der Waals surface area contributed by atoms with Gasteiger partial charge in [0.2, 0.25) is 10.0 Å². The molecule has 0 atom stereocenters. The molecule has 0 saturated heterocycles. The molecule has 0 amide bonds. The van der Waals surface area contributed by atoms with Crippen LogP contribution in [0.3, 0.4) is 0 Å². The predicted octanol–water partition coefficient (Wildman–Crippen LogP) is 0.890. The van der Waals surface area contributed by atoms with Crippen LogP contribution < -0.4 is 9.44 Å². The third kappa shape index (κ3) is 3.95. The Balaban J connectivity index is 2.25. The van der Waals surface area contributed by atoms with E-state index in [1.54, 1.807) is 6.92 Å². The summed E-state index contributed by atoms with van der Waals surface area (Å²) in [6, 6.07) is 4.49. The van der Waals surface area contributed by atoms with E-state index in [1.165, 1.54) is 30.6 Å². The maximum absolute atomic E-state index is 12.0. The number of benzene rings is 1. The van der Waals surface area contributed by atoms with E-state index in [9.17, 15) is 16.8 Å². The van der Waals surface area contributed by atoms with Crippen LogP contribution in [-0.4, -0.2) is 33.3 Å². The number of rotatable bonds is 5. The van der Waals surface area contributed by atoms with E-state index in [-0.39, 0.29) is 4.90 Å². The minimum atomic E-state index is -3.72. The molecule has 1 heterocycles. The third-order valence-electron chi connectivity index (χ3n) is 2.56. The zero-order valence-corrected chi connectivity index (χ0v) is 12.9. The van der Waals surface area contributed by atoms with Gasteiger partial charge in [0.05, 0.1) is 18.1 Å². The molecule has 0 aliphatic rings. The van der Waals surface area contributed by atoms with Gasteiger partial charge in [-0.1, -0.05) is 0 Å². The summed E-state index contributed by atoms with van der Waals surface area (Å²) in [5, 5.41) is 6.00. The number of aromatic nitrogens is 2. The van der Waals surface area contributed by atoms with Crippen molar-refractivity contribution in [2.24, 2.45) is 0 Å². The van der Waals surface area contributed by atoms with Gasteiger partial charge in [-0.05, 0) is 30.7 Å². The van der Waals surface area contributed by atoms with Crippen LogP contribution in [0.15, 0.2) is 35.5 Å². The molecule has 3 N–H and O–H groups in total. The summed E-state index contributed by atoms with van der Waals surface area (Å²) in [6.07, 6.45) is 3.49. The average Bonchev–Trinajstić information content (AvgIpc) is 2.85. The van der Waals surface area contributed by atoms with Crippen molar-refractivity contribution >= 4 is 31.4 Å². The summed E-state index contributed by atoms with van der Waals surface area (Å²) in [6.45, 7) is 1.67. The number of hydrogen-bond donors (Lipinski definition) is 3. The van der Waals surface area contributed by atoms with Gasteiger partial charge in [0, 0.05) is 11.9 Å². The van der Waals surface area contributed by atoms with E-state index in [4.69, 9.17) is 0 Å². The van der Waals surface area contributed by atoms with Gasteiger partial charge in [0.15, 0.2) is 0 Å². The first-order chi connectivity index (χ1) is 9.67. The fourth-order valence-electron chi connectivity index (χ4n) is 1.64. The van der Waals surface area contributed by atoms with Gasteiger partial charge in [0.1, 0.15) is 4.90 Å². The molecule has 1 aromatic heterocycles. The van der Waals surface area contributed by atoms with Crippen LogP contribution in [0, 0.1) is 6.92 Å². The molecule has 0 radical (unpaired) electrons. The van der Waals surface area contributed by atoms with Crippen molar-refractivity contribution in [2.45, 2.75) is 11.8 Å². The summed E-state index contributed by atoms with van der Waals surface area (Å²) in [4.78, 5) is 0.0125. The molecule has 2 aromatic rings. The average molecular weight is 330 g/mol. The standard InChI is InChI=1S/C11H14N4O4S2/c1-8-5-9(3-4-11(8)15-20(2,16)17)14-21(18,19)10-6-12-13-7-10/h3-7,14-15H,1-2H3,(H,12,13). The molecule has 0 aliphatic carbocycles. The number of aryl methyl sites for hydroxylation is 1. The Morgan fingerprint density at radius 2 is 1.86 bits per heavy atom. The highest BCUT2D eigenvalue weighted by atomic mass is 32.2. The molecule has 21 heavy (non-hydrogen) atoms. The second kappa shape index (κ2) is 5.37. The highest BCUT2D eigenvalue weighted by Crippen LogP contribution is 2.22. The molecule has 0 saturated carbocycles. The van der Waals surface area contributed by atoms with Crippen molar-refractivity contribution in [3.63, 3.8) is 0 Å². The van der Waals surface area contributed by atoms with Crippen molar-refractivity contribution in [3.05, 3.63) is 36.2 Å². The Morgan fingerprint density at radius 3 is 2.38 bits per heavy atom. The number of sulfonamides is 2. The molecule has 0 fully saturated rings. The Bertz CT molecular complexity index is 842. The fraction of sp³-hybridized carbons (Fsp3) is 0.182. The lowest BCUT2D eigenvalue weighted by molar-refractivity contribution is 0.600. The summed E-state index contributed by atoms with van der Waals surface area (Å²) >= 11 is 0. The molecule has 1 aromatic carbocycles. The van der Waals surface area contributed by atoms with Crippen LogP contribution in [-0.2, 0) is 20.0 Å². The minimum absolute atomic E-state index is 0.0125. The Morgan fingerprint density at radius 1 is 1.14 bits per heavy atom. The van der Waals surface area contributed by atoms with E-state index in [0.717, 1.165) is 6.26 Å². The monoisotopic (exact) mass is 330 g/mol. The summed E-state index contributed by atoms with van der Waals surface area (Å²) < 4.78 is 51.1. The van der Waals surface area contributed by atoms with Gasteiger partial charge in [0.25, 0.3) is 10.0 Å². The van der Waals surface area contributed by atoms with Gasteiger partial charge in [-0.2, -0.15) is 5.10 Å². The van der Waals surface area contributed by atoms with E-state index in [2.05, 4.69) is 19.6 Å². The Labute approximate surface area is 122 Å². The van der Waals surface area contributed by atoms with Crippen molar-refractivity contribution < 1.29 is 16.8 Å². The largest absolute Gasteiger partial charge is 0.284 e. The Hall–Kier alpha value is -2.07. The van der Waals surface area contributed by atoms with Gasteiger partial charge in [-0.15, -0.1) is 0 Å². The van der Waals surface area contributed by atoms with E-state index in [0.29, 0.717) is 16.9 Å². The highest BCUT2D eigenvalue weighted by molar-refractivity contribution is 7.92. The zero-order valence-electron chi connectivity index (χ0n) is 11.3. The topological polar surface area (TPSA) is 121 Å². The van der Waals surface area contributed by atoms with E-state index >= 15 is 0 Å². The van der Waals surface area contributed by atoms with Gasteiger partial charge >= 0.3 is 0 Å². The highest BCUT2D eigenvalue weighted by Gasteiger charge is 2.15. The lowest BCUT2D eigenvalue weighted by Crippen LogP contribution is -2.13. The lowest BCUT2D eigenvalue weighted by Gasteiger charge is -2.11. The van der Waals surface area contributed by atoms with Crippen molar-refractivity contribution in [1.29, 1.82) is 0 Å². The second-order valence-electron chi connectivity index (χ2n) is 4.44. The maximum atomic E-state index is 12.0. The maximum Gasteiger partial charge on any atom is 0.265 e. The minimum Gasteiger partial charge on any atom is -0.284 e. The molecule has 2 rings (SSSR count). The van der Waals surface area contributed by atoms with Gasteiger partial charge in [-0.25, -0.2) is 16.8 Å². The molecule has 114 valence electrons. The van der Waals surface area contributed by atoms with Crippen LogP contribution >= 0.6 is 0 Å². The van der Waals surface area contributed by atoms with Gasteiger partial charge < -0.3 is 0 Å². The molecule has 0 unspecified atom stereocenters. The SMILES string of the molecule is Cc1cc(NS(=O)(=O)c2cn[nH]c2)ccc1NS(C)(=O)=O. The van der Waals surface area contributed by atoms with Crippen LogP contribution in [0.4, 0.5) is 11.4 Å². The molecule has 8 nitrogen and oxygen atoms in total. The summed E-state index contributed by atoms with van der Waals surface area (Å²) in [5.41, 5.74) is 1.31. The summed E-state index contributed by atoms with van der Waals surface area (Å²) in [7, 11) is -7.10. The molecular formula is C11H14N4O4S2. The van der Waals surface area contributed by atoms with Crippen molar-refractivity contribution in [2.75, 3.05) is 15.7 Å². The first-order valence-electron chi connectivity index (χ1n) is 5.77. The number of hydrogen-bond acceptors (Lipinski definition) is 5. The molecule has 0 bridgehead atoms. The number of anilines is 2. The first kappa shape index (κ1) is 15.3. The Kier molecular flexibility index (Phi) is 3.92. The van der Waals surface area contributed by atoms with Gasteiger partial charge in [-0.3, -0.25) is 14.5 Å². The lowest BCUT2D eigenvalue weighted by atomic mass is 10.2. The van der Waals surface area contributed by atoms with Crippen LogP contribution in [0.2, 0.25) is 0 Å². The van der Waals surface area contributed by atoms with E-state index in [1.807, 2.05) is 0 Å². The van der Waals surface area contributed by atoms with Crippen LogP contribution in [0.5, 0.6) is 0 Å². The normalized spacial score (nSPS) is 12.1. The van der Waals surface area contributed by atoms with Crippen LogP contribution in [0.1, 0.15) is 5.56 Å². The van der Waals surface area contributed by atoms with Crippen LogP contribution in [0.25, 0.3) is 0 Å². The smallest absolute Gasteiger partial charge is 0.265 e. The molecule has 0 aliphatic heterocycles. The zero-order chi connectivity index (χ0) is 15.7. The second-order valence-corrected chi connectivity index (χ2v) is 7.87. The van der Waals surface area contributed by atoms with E-state index < -0.39 is 20.0 Å². The quantitative estimate of drug-likeness (QED) is 0.752. The fourth-order valence-corrected chi connectivity index (χ4v) is 3.22.